The summed E-state index contributed by atoms with van der Waals surface area (Å²) in [5, 5.41) is 0. The lowest BCUT2D eigenvalue weighted by molar-refractivity contribution is -0.143. The zero-order chi connectivity index (χ0) is 23.8. The number of carbonyl (C=O) groups is 2. The van der Waals surface area contributed by atoms with Gasteiger partial charge in [-0.3, -0.25) is 9.59 Å². The van der Waals surface area contributed by atoms with E-state index < -0.39 is 21.7 Å². The zero-order valence-corrected chi connectivity index (χ0v) is 20.2. The van der Waals surface area contributed by atoms with Crippen molar-refractivity contribution in [3.8, 4) is 5.75 Å². The maximum absolute atomic E-state index is 12.5. The lowest BCUT2D eigenvalue weighted by Crippen LogP contribution is -2.23. The molecular weight excluding hydrogens is 464 g/mol. The van der Waals surface area contributed by atoms with E-state index >= 15 is 0 Å². The summed E-state index contributed by atoms with van der Waals surface area (Å²) in [4.78, 5) is 29.1. The standard InChI is InChI=1S/C23H26N2O6S2/c1-3-31-22(27)15-25-19-12-11-18(30-2)14-20(19)32-23(25)24-21(26)10-7-13-33(28,29)16-17-8-5-4-6-9-17/h4-6,8-9,11-12,14H,3,7,10,13,15-16H2,1-2H3. The van der Waals surface area contributed by atoms with E-state index in [2.05, 4.69) is 4.99 Å². The second-order valence-electron chi connectivity index (χ2n) is 7.30. The third-order valence-electron chi connectivity index (χ3n) is 4.78. The lowest BCUT2D eigenvalue weighted by Gasteiger charge is -2.06. The van der Waals surface area contributed by atoms with Crippen LogP contribution < -0.4 is 9.54 Å². The molecule has 2 aromatic carbocycles. The van der Waals surface area contributed by atoms with E-state index in [1.54, 1.807) is 61.1 Å². The van der Waals surface area contributed by atoms with Crippen LogP contribution in [0.5, 0.6) is 5.75 Å². The largest absolute Gasteiger partial charge is 0.497 e. The first-order valence-corrected chi connectivity index (χ1v) is 13.1. The Bertz CT molecular complexity index is 1290. The molecule has 1 heterocycles. The van der Waals surface area contributed by atoms with Crippen LogP contribution in [0, 0.1) is 0 Å². The van der Waals surface area contributed by atoms with Crippen molar-refractivity contribution in [2.45, 2.75) is 32.1 Å². The topological polar surface area (TPSA) is 104 Å². The number of benzene rings is 2. The fraction of sp³-hybridized carbons (Fsp3) is 0.348. The Kier molecular flexibility index (Phi) is 8.40. The molecule has 0 fully saturated rings. The second kappa shape index (κ2) is 11.2. The zero-order valence-electron chi connectivity index (χ0n) is 18.5. The highest BCUT2D eigenvalue weighted by Crippen LogP contribution is 2.23. The molecule has 0 atom stereocenters. The molecule has 3 aromatic rings. The van der Waals surface area contributed by atoms with Gasteiger partial charge in [0, 0.05) is 6.42 Å². The van der Waals surface area contributed by atoms with Crippen molar-refractivity contribution in [2.75, 3.05) is 19.5 Å². The van der Waals surface area contributed by atoms with Gasteiger partial charge < -0.3 is 14.0 Å². The number of hydrogen-bond acceptors (Lipinski definition) is 7. The van der Waals surface area contributed by atoms with E-state index in [0.29, 0.717) is 16.1 Å². The minimum absolute atomic E-state index is 0.00894. The fourth-order valence-corrected chi connectivity index (χ4v) is 5.76. The van der Waals surface area contributed by atoms with Crippen molar-refractivity contribution in [2.24, 2.45) is 4.99 Å². The van der Waals surface area contributed by atoms with E-state index in [1.807, 2.05) is 6.07 Å². The summed E-state index contributed by atoms with van der Waals surface area (Å²) < 4.78 is 37.4. The number of hydrogen-bond donors (Lipinski definition) is 0. The number of amides is 1. The van der Waals surface area contributed by atoms with Gasteiger partial charge in [-0.05, 0) is 37.1 Å². The number of ether oxygens (including phenoxy) is 2. The number of aromatic nitrogens is 1. The highest BCUT2D eigenvalue weighted by atomic mass is 32.2. The van der Waals surface area contributed by atoms with Gasteiger partial charge in [-0.1, -0.05) is 41.7 Å². The molecule has 0 spiro atoms. The Balaban J connectivity index is 1.75. The van der Waals surface area contributed by atoms with E-state index in [-0.39, 0.29) is 37.5 Å². The summed E-state index contributed by atoms with van der Waals surface area (Å²) in [6.45, 7) is 1.88. The van der Waals surface area contributed by atoms with Crippen LogP contribution in [-0.2, 0) is 36.5 Å². The molecule has 0 radical (unpaired) electrons. The smallest absolute Gasteiger partial charge is 0.326 e. The van der Waals surface area contributed by atoms with E-state index in [9.17, 15) is 18.0 Å². The van der Waals surface area contributed by atoms with E-state index in [1.165, 1.54) is 11.3 Å². The van der Waals surface area contributed by atoms with Crippen molar-refractivity contribution in [1.29, 1.82) is 0 Å². The van der Waals surface area contributed by atoms with Crippen molar-refractivity contribution >= 4 is 43.3 Å². The van der Waals surface area contributed by atoms with Gasteiger partial charge in [-0.15, -0.1) is 0 Å². The van der Waals surface area contributed by atoms with E-state index in [0.717, 1.165) is 10.2 Å². The number of rotatable bonds is 10. The van der Waals surface area contributed by atoms with Gasteiger partial charge in [-0.2, -0.15) is 4.99 Å². The number of esters is 1. The number of thiazole rings is 1. The SMILES string of the molecule is CCOC(=O)Cn1c(=NC(=O)CCCS(=O)(=O)Cc2ccccc2)sc2cc(OC)ccc21. The van der Waals surface area contributed by atoms with Crippen LogP contribution in [0.15, 0.2) is 53.5 Å². The minimum atomic E-state index is -3.33. The molecule has 0 aliphatic heterocycles. The van der Waals surface area contributed by atoms with Gasteiger partial charge in [0.2, 0.25) is 5.91 Å². The summed E-state index contributed by atoms with van der Waals surface area (Å²) in [7, 11) is -1.78. The molecule has 0 unspecified atom stereocenters. The molecule has 33 heavy (non-hydrogen) atoms. The first-order chi connectivity index (χ1) is 15.8. The van der Waals surface area contributed by atoms with Gasteiger partial charge >= 0.3 is 5.97 Å². The Morgan fingerprint density at radius 1 is 1.12 bits per heavy atom. The van der Waals surface area contributed by atoms with Gasteiger partial charge in [0.25, 0.3) is 0 Å². The number of methoxy groups -OCH3 is 1. The first kappa shape index (κ1) is 24.7. The molecule has 176 valence electrons. The predicted octanol–water partition coefficient (Wildman–Crippen LogP) is 3.10. The van der Waals surface area contributed by atoms with Crippen LogP contribution in [0.3, 0.4) is 0 Å². The quantitative estimate of drug-likeness (QED) is 0.405. The van der Waals surface area contributed by atoms with Gasteiger partial charge in [0.05, 0.1) is 35.4 Å². The van der Waals surface area contributed by atoms with Crippen molar-refractivity contribution in [3.05, 3.63) is 58.9 Å². The molecule has 0 aliphatic rings. The molecule has 1 amide bonds. The van der Waals surface area contributed by atoms with E-state index in [4.69, 9.17) is 9.47 Å². The molecule has 0 saturated carbocycles. The minimum Gasteiger partial charge on any atom is -0.497 e. The van der Waals surface area contributed by atoms with Gasteiger partial charge in [0.15, 0.2) is 14.6 Å². The monoisotopic (exact) mass is 490 g/mol. The van der Waals surface area contributed by atoms with Crippen LogP contribution in [0.1, 0.15) is 25.3 Å². The Hall–Kier alpha value is -2.98. The summed E-state index contributed by atoms with van der Waals surface area (Å²) in [5.41, 5.74) is 1.44. The normalized spacial score (nSPS) is 12.1. The second-order valence-corrected chi connectivity index (χ2v) is 10.5. The molecule has 10 heteroatoms. The molecule has 8 nitrogen and oxygen atoms in total. The molecule has 0 aliphatic carbocycles. The number of sulfone groups is 1. The van der Waals surface area contributed by atoms with Crippen LogP contribution in [0.4, 0.5) is 0 Å². The molecule has 0 saturated heterocycles. The molecular formula is C23H26N2O6S2. The average Bonchev–Trinajstić information content (AvgIpc) is 3.09. The molecule has 0 bridgehead atoms. The summed E-state index contributed by atoms with van der Waals surface area (Å²) >= 11 is 1.25. The number of nitrogens with zero attached hydrogens (tertiary/aromatic N) is 2. The maximum atomic E-state index is 12.5. The van der Waals surface area contributed by atoms with Crippen molar-refractivity contribution < 1.29 is 27.5 Å². The van der Waals surface area contributed by atoms with Gasteiger partial charge in [-0.25, -0.2) is 8.42 Å². The Morgan fingerprint density at radius 2 is 1.88 bits per heavy atom. The first-order valence-electron chi connectivity index (χ1n) is 10.5. The van der Waals surface area contributed by atoms with Crippen LogP contribution >= 0.6 is 11.3 Å². The number of fused-ring (bicyclic) bond motifs is 1. The van der Waals surface area contributed by atoms with Gasteiger partial charge in [0.1, 0.15) is 12.3 Å². The van der Waals surface area contributed by atoms with Crippen molar-refractivity contribution in [3.63, 3.8) is 0 Å². The summed E-state index contributed by atoms with van der Waals surface area (Å²) in [5.74, 6) is -0.393. The predicted molar refractivity (Wildman–Crippen MR) is 127 cm³/mol. The maximum Gasteiger partial charge on any atom is 0.326 e. The van der Waals surface area contributed by atoms with Crippen LogP contribution in [0.25, 0.3) is 10.2 Å². The highest BCUT2D eigenvalue weighted by molar-refractivity contribution is 7.90. The molecule has 1 aromatic heterocycles. The summed E-state index contributed by atoms with van der Waals surface area (Å²) in [6.07, 6.45) is 0.166. The lowest BCUT2D eigenvalue weighted by atomic mass is 10.2. The Labute approximate surface area is 196 Å². The summed E-state index contributed by atoms with van der Waals surface area (Å²) in [6, 6.07) is 14.3. The fourth-order valence-electron chi connectivity index (χ4n) is 3.26. The molecule has 0 N–H and O–H groups in total. The average molecular weight is 491 g/mol. The Morgan fingerprint density at radius 3 is 2.58 bits per heavy atom. The molecule has 3 rings (SSSR count). The number of carbonyl (C=O) groups excluding carboxylic acids is 2. The highest BCUT2D eigenvalue weighted by Gasteiger charge is 2.15. The van der Waals surface area contributed by atoms with Crippen LogP contribution in [0.2, 0.25) is 0 Å². The third kappa shape index (κ3) is 7.00. The third-order valence-corrected chi connectivity index (χ3v) is 7.50. The van der Waals surface area contributed by atoms with Crippen LogP contribution in [-0.4, -0.2) is 44.3 Å². The van der Waals surface area contributed by atoms with Crippen molar-refractivity contribution in [1.82, 2.24) is 4.57 Å².